The number of rotatable bonds is 6. The average molecular weight is 563 g/mol. The van der Waals surface area contributed by atoms with E-state index in [1.807, 2.05) is 0 Å². The molecule has 7 nitrogen and oxygen atoms in total. The first-order valence-electron chi connectivity index (χ1n) is 10.3. The summed E-state index contributed by atoms with van der Waals surface area (Å²) in [5.74, 6) is 1.50. The van der Waals surface area contributed by atoms with Crippen molar-refractivity contribution < 1.29 is 19.0 Å². The molecule has 3 aromatic carbocycles. The number of carbonyl (C=O) groups is 1. The average Bonchev–Trinajstić information content (AvgIpc) is 2.84. The molecule has 0 saturated carbocycles. The Hall–Kier alpha value is -3.30. The molecule has 0 aliphatic rings. The van der Waals surface area contributed by atoms with E-state index in [1.165, 1.54) is 0 Å². The van der Waals surface area contributed by atoms with Gasteiger partial charge in [0.15, 0.2) is 16.6 Å². The quantitative estimate of drug-likeness (QED) is 0.242. The highest BCUT2D eigenvalue weighted by Crippen LogP contribution is 2.38. The minimum absolute atomic E-state index is 0.0434. The number of methoxy groups -OCH3 is 2. The van der Waals surface area contributed by atoms with Crippen LogP contribution < -0.4 is 24.8 Å². The van der Waals surface area contributed by atoms with Crippen molar-refractivity contribution in [1.29, 1.82) is 0 Å². The van der Waals surface area contributed by atoms with Gasteiger partial charge in [0, 0.05) is 23.3 Å². The van der Waals surface area contributed by atoms with Gasteiger partial charge in [-0.05, 0) is 54.7 Å². The van der Waals surface area contributed by atoms with E-state index in [9.17, 15) is 4.79 Å². The monoisotopic (exact) mass is 561 g/mol. The van der Waals surface area contributed by atoms with Crippen molar-refractivity contribution in [3.8, 4) is 23.0 Å². The zero-order chi connectivity index (χ0) is 25.8. The summed E-state index contributed by atoms with van der Waals surface area (Å²) < 4.78 is 16.8. The summed E-state index contributed by atoms with van der Waals surface area (Å²) in [6.07, 6.45) is 1.62. The molecule has 11 heteroatoms. The maximum Gasteiger partial charge on any atom is 0.260 e. The van der Waals surface area contributed by atoms with Crippen molar-refractivity contribution >= 4 is 74.6 Å². The lowest BCUT2D eigenvalue weighted by molar-refractivity contribution is 0.0978. The number of anilines is 1. The number of hydrogen-bond acceptors (Lipinski definition) is 6. The number of amides is 1. The summed E-state index contributed by atoms with van der Waals surface area (Å²) in [5, 5.41) is 6.96. The highest BCUT2D eigenvalue weighted by molar-refractivity contribution is 7.80. The Morgan fingerprint density at radius 2 is 1.56 bits per heavy atom. The summed E-state index contributed by atoms with van der Waals surface area (Å²) in [4.78, 5) is 16.9. The Labute approximate surface area is 227 Å². The number of halogens is 3. The Morgan fingerprint density at radius 1 is 0.861 bits per heavy atom. The molecule has 0 radical (unpaired) electrons. The van der Waals surface area contributed by atoms with Crippen molar-refractivity contribution in [2.75, 3.05) is 19.5 Å². The SMILES string of the molecule is COc1cc2nccc(Oc3ccc(NC(=S)NC(=O)c4c(Cl)cccc4Cl)cc3Cl)c2cc1OC. The molecule has 36 heavy (non-hydrogen) atoms. The fraction of sp³-hybridized carbons (Fsp3) is 0.0800. The summed E-state index contributed by atoms with van der Waals surface area (Å²) >= 11 is 23.9. The molecule has 0 bridgehead atoms. The first-order valence-corrected chi connectivity index (χ1v) is 11.9. The lowest BCUT2D eigenvalue weighted by atomic mass is 10.2. The molecule has 0 atom stereocenters. The largest absolute Gasteiger partial charge is 0.493 e. The minimum Gasteiger partial charge on any atom is -0.493 e. The van der Waals surface area contributed by atoms with Crippen molar-refractivity contribution in [3.05, 3.63) is 81.4 Å². The lowest BCUT2D eigenvalue weighted by Gasteiger charge is -2.14. The van der Waals surface area contributed by atoms with Gasteiger partial charge in [-0.1, -0.05) is 40.9 Å². The smallest absolute Gasteiger partial charge is 0.260 e. The van der Waals surface area contributed by atoms with Crippen LogP contribution in [0.15, 0.2) is 60.8 Å². The number of pyridine rings is 1. The third-order valence-corrected chi connectivity index (χ3v) is 6.16. The summed E-state index contributed by atoms with van der Waals surface area (Å²) in [7, 11) is 3.11. The van der Waals surface area contributed by atoms with Crippen molar-refractivity contribution in [1.82, 2.24) is 10.3 Å². The van der Waals surface area contributed by atoms with Crippen LogP contribution in [0.3, 0.4) is 0 Å². The molecule has 2 N–H and O–H groups in total. The Kier molecular flexibility index (Phi) is 8.01. The molecule has 0 unspecified atom stereocenters. The second kappa shape index (κ2) is 11.2. The Morgan fingerprint density at radius 3 is 2.22 bits per heavy atom. The van der Waals surface area contributed by atoms with E-state index in [4.69, 9.17) is 61.2 Å². The van der Waals surface area contributed by atoms with E-state index in [2.05, 4.69) is 15.6 Å². The van der Waals surface area contributed by atoms with Gasteiger partial charge < -0.3 is 19.5 Å². The molecule has 1 aromatic heterocycles. The highest BCUT2D eigenvalue weighted by Gasteiger charge is 2.16. The maximum atomic E-state index is 12.5. The topological polar surface area (TPSA) is 81.7 Å². The predicted octanol–water partition coefficient (Wildman–Crippen LogP) is 7.13. The molecule has 184 valence electrons. The number of nitrogens with one attached hydrogen (secondary N) is 2. The van der Waals surface area contributed by atoms with Gasteiger partial charge in [0.05, 0.1) is 40.4 Å². The van der Waals surface area contributed by atoms with Crippen LogP contribution in [0.4, 0.5) is 5.69 Å². The third kappa shape index (κ3) is 5.57. The normalized spacial score (nSPS) is 10.6. The van der Waals surface area contributed by atoms with Gasteiger partial charge in [-0.2, -0.15) is 0 Å². The number of fused-ring (bicyclic) bond motifs is 1. The second-order valence-electron chi connectivity index (χ2n) is 7.29. The molecule has 4 aromatic rings. The molecule has 1 amide bonds. The number of carbonyl (C=O) groups excluding carboxylic acids is 1. The molecule has 4 rings (SSSR count). The zero-order valence-electron chi connectivity index (χ0n) is 18.9. The minimum atomic E-state index is -0.536. The Bertz CT molecular complexity index is 1460. The first kappa shape index (κ1) is 25.8. The summed E-state index contributed by atoms with van der Waals surface area (Å²) in [6, 6.07) is 15.0. The van der Waals surface area contributed by atoms with Crippen LogP contribution in [0.5, 0.6) is 23.0 Å². The molecule has 0 spiro atoms. The fourth-order valence-corrected chi connectivity index (χ4v) is 4.36. The lowest BCUT2D eigenvalue weighted by Crippen LogP contribution is -2.34. The molecule has 0 saturated heterocycles. The third-order valence-electron chi connectivity index (χ3n) is 5.03. The number of thiocarbonyl (C=S) groups is 1. The van der Waals surface area contributed by atoms with E-state index in [0.717, 1.165) is 5.39 Å². The number of aromatic nitrogens is 1. The van der Waals surface area contributed by atoms with E-state index in [0.29, 0.717) is 39.2 Å². The van der Waals surface area contributed by atoms with Gasteiger partial charge in [-0.3, -0.25) is 15.1 Å². The van der Waals surface area contributed by atoms with Crippen LogP contribution in [0.2, 0.25) is 15.1 Å². The van der Waals surface area contributed by atoms with Gasteiger partial charge in [-0.25, -0.2) is 0 Å². The first-order chi connectivity index (χ1) is 17.3. The molecular formula is C25H18Cl3N3O4S. The summed E-state index contributed by atoms with van der Waals surface area (Å²) in [6.45, 7) is 0. The van der Waals surface area contributed by atoms with Gasteiger partial charge in [0.1, 0.15) is 11.5 Å². The summed E-state index contributed by atoms with van der Waals surface area (Å²) in [5.41, 5.74) is 1.33. The number of hydrogen-bond donors (Lipinski definition) is 2. The van der Waals surface area contributed by atoms with Gasteiger partial charge in [-0.15, -0.1) is 0 Å². The van der Waals surface area contributed by atoms with Gasteiger partial charge >= 0.3 is 0 Å². The molecule has 0 aliphatic heterocycles. The van der Waals surface area contributed by atoms with E-state index < -0.39 is 5.91 Å². The molecule has 0 fully saturated rings. The highest BCUT2D eigenvalue weighted by atomic mass is 35.5. The maximum absolute atomic E-state index is 12.5. The van der Waals surface area contributed by atoms with Crippen LogP contribution in [0.25, 0.3) is 10.9 Å². The van der Waals surface area contributed by atoms with E-state index in [-0.39, 0.29) is 20.7 Å². The van der Waals surface area contributed by atoms with E-state index in [1.54, 1.807) is 75.0 Å². The fourth-order valence-electron chi connectivity index (χ4n) is 3.36. The second-order valence-corrected chi connectivity index (χ2v) is 8.92. The van der Waals surface area contributed by atoms with Crippen LogP contribution in [-0.4, -0.2) is 30.2 Å². The van der Waals surface area contributed by atoms with Crippen LogP contribution in [0.1, 0.15) is 10.4 Å². The van der Waals surface area contributed by atoms with Crippen molar-refractivity contribution in [3.63, 3.8) is 0 Å². The van der Waals surface area contributed by atoms with Gasteiger partial charge in [0.2, 0.25) is 0 Å². The molecular weight excluding hydrogens is 545 g/mol. The number of ether oxygens (including phenoxy) is 3. The van der Waals surface area contributed by atoms with Crippen LogP contribution in [0, 0.1) is 0 Å². The number of nitrogens with zero attached hydrogens (tertiary/aromatic N) is 1. The van der Waals surface area contributed by atoms with Crippen LogP contribution in [-0.2, 0) is 0 Å². The van der Waals surface area contributed by atoms with Crippen molar-refractivity contribution in [2.45, 2.75) is 0 Å². The Balaban J connectivity index is 1.50. The molecule has 1 heterocycles. The van der Waals surface area contributed by atoms with Crippen molar-refractivity contribution in [2.24, 2.45) is 0 Å². The van der Waals surface area contributed by atoms with E-state index >= 15 is 0 Å². The standard InChI is InChI=1S/C25H18Cl3N3O4S/c1-33-21-11-14-18(12-22(21)34-2)29-9-8-19(14)35-20-7-6-13(10-17(20)28)30-25(36)31-24(32)23-15(26)4-3-5-16(23)27/h3-12H,1-2H3,(H2,30,31,32,36). The predicted molar refractivity (Wildman–Crippen MR) is 147 cm³/mol. The van der Waals surface area contributed by atoms with Gasteiger partial charge in [0.25, 0.3) is 5.91 Å². The number of benzene rings is 3. The molecule has 0 aliphatic carbocycles. The van der Waals surface area contributed by atoms with Crippen LogP contribution >= 0.6 is 47.0 Å². The zero-order valence-corrected chi connectivity index (χ0v) is 22.0.